The van der Waals surface area contributed by atoms with Crippen molar-refractivity contribution in [1.29, 1.82) is 0 Å². The zero-order valence-electron chi connectivity index (χ0n) is 9.92. The predicted octanol–water partition coefficient (Wildman–Crippen LogP) is 2.67. The minimum absolute atomic E-state index is 0.146. The van der Waals surface area contributed by atoms with Gasteiger partial charge in [-0.3, -0.25) is 0 Å². The maximum Gasteiger partial charge on any atom is 0.167 e. The number of halogens is 1. The fraction of sp³-hybridized carbons (Fsp3) is 0.500. The van der Waals surface area contributed by atoms with E-state index in [0.717, 1.165) is 5.69 Å². The minimum atomic E-state index is -0.365. The summed E-state index contributed by atoms with van der Waals surface area (Å²) >= 11 is 0. The van der Waals surface area contributed by atoms with E-state index in [-0.39, 0.29) is 17.6 Å². The molecule has 0 fully saturated rings. The summed E-state index contributed by atoms with van der Waals surface area (Å²) in [6.07, 6.45) is 0. The largest absolute Gasteiger partial charge is 0.494 e. The van der Waals surface area contributed by atoms with Crippen LogP contribution in [0.2, 0.25) is 0 Å². The molecule has 0 aliphatic rings. The van der Waals surface area contributed by atoms with Crippen LogP contribution in [0.3, 0.4) is 0 Å². The molecule has 0 spiro atoms. The number of ether oxygens (including phenoxy) is 2. The van der Waals surface area contributed by atoms with Crippen LogP contribution in [0.1, 0.15) is 13.8 Å². The van der Waals surface area contributed by atoms with E-state index < -0.39 is 0 Å². The third-order valence-electron chi connectivity index (χ3n) is 2.14. The van der Waals surface area contributed by atoms with Crippen molar-refractivity contribution in [3.05, 3.63) is 24.0 Å². The second-order valence-corrected chi connectivity index (χ2v) is 3.55. The van der Waals surface area contributed by atoms with Crippen LogP contribution < -0.4 is 10.1 Å². The Kier molecular flexibility index (Phi) is 5.05. The lowest BCUT2D eigenvalue weighted by Crippen LogP contribution is -2.21. The van der Waals surface area contributed by atoms with Crippen LogP contribution >= 0.6 is 0 Å². The van der Waals surface area contributed by atoms with E-state index in [9.17, 15) is 4.39 Å². The summed E-state index contributed by atoms with van der Waals surface area (Å²) in [6.45, 7) is 5.21. The highest BCUT2D eigenvalue weighted by Gasteiger charge is 2.06. The molecule has 0 aliphatic heterocycles. The van der Waals surface area contributed by atoms with Crippen molar-refractivity contribution in [2.75, 3.05) is 25.6 Å². The first kappa shape index (κ1) is 12.8. The van der Waals surface area contributed by atoms with Gasteiger partial charge in [-0.05, 0) is 26.0 Å². The summed E-state index contributed by atoms with van der Waals surface area (Å²) in [7, 11) is 1.45. The summed E-state index contributed by atoms with van der Waals surface area (Å²) in [4.78, 5) is 0. The van der Waals surface area contributed by atoms with Gasteiger partial charge in [0.15, 0.2) is 11.6 Å². The second-order valence-electron chi connectivity index (χ2n) is 3.55. The average Bonchev–Trinajstić information content (AvgIpc) is 2.26. The molecule has 0 amide bonds. The quantitative estimate of drug-likeness (QED) is 0.810. The first-order valence-electron chi connectivity index (χ1n) is 5.35. The van der Waals surface area contributed by atoms with Crippen LogP contribution in [0.4, 0.5) is 10.1 Å². The molecule has 0 bridgehead atoms. The molecule has 0 saturated heterocycles. The number of rotatable bonds is 6. The summed E-state index contributed by atoms with van der Waals surface area (Å²) in [5.41, 5.74) is 0.727. The summed E-state index contributed by atoms with van der Waals surface area (Å²) in [6, 6.07) is 4.95. The Morgan fingerprint density at radius 3 is 2.75 bits per heavy atom. The molecular weight excluding hydrogens is 209 g/mol. The van der Waals surface area contributed by atoms with Crippen molar-refractivity contribution in [2.24, 2.45) is 0 Å². The van der Waals surface area contributed by atoms with Crippen LogP contribution in [0.5, 0.6) is 5.75 Å². The molecule has 0 radical (unpaired) electrons. The van der Waals surface area contributed by atoms with Gasteiger partial charge >= 0.3 is 0 Å². The Morgan fingerprint density at radius 1 is 1.44 bits per heavy atom. The van der Waals surface area contributed by atoms with E-state index in [1.807, 2.05) is 13.8 Å². The van der Waals surface area contributed by atoms with E-state index in [1.165, 1.54) is 13.2 Å². The fourth-order valence-electron chi connectivity index (χ4n) is 1.38. The van der Waals surface area contributed by atoms with Gasteiger partial charge in [0.1, 0.15) is 0 Å². The van der Waals surface area contributed by atoms with Crippen molar-refractivity contribution < 1.29 is 13.9 Å². The van der Waals surface area contributed by atoms with Gasteiger partial charge in [-0.1, -0.05) is 0 Å². The molecule has 1 aromatic rings. The maximum absolute atomic E-state index is 13.4. The lowest BCUT2D eigenvalue weighted by Gasteiger charge is -2.15. The Labute approximate surface area is 95.6 Å². The Hall–Kier alpha value is -1.29. The lowest BCUT2D eigenvalue weighted by atomic mass is 10.2. The molecule has 1 rings (SSSR count). The lowest BCUT2D eigenvalue weighted by molar-refractivity contribution is 0.141. The van der Waals surface area contributed by atoms with Crippen LogP contribution in [0.25, 0.3) is 0 Å². The van der Waals surface area contributed by atoms with E-state index >= 15 is 0 Å². The molecule has 1 unspecified atom stereocenters. The first-order valence-corrected chi connectivity index (χ1v) is 5.35. The fourth-order valence-corrected chi connectivity index (χ4v) is 1.38. The number of benzene rings is 1. The molecule has 0 aliphatic carbocycles. The van der Waals surface area contributed by atoms with E-state index in [4.69, 9.17) is 9.47 Å². The smallest absolute Gasteiger partial charge is 0.167 e. The molecule has 90 valence electrons. The van der Waals surface area contributed by atoms with Gasteiger partial charge in [-0.15, -0.1) is 0 Å². The van der Waals surface area contributed by atoms with Gasteiger partial charge in [0, 0.05) is 24.4 Å². The summed E-state index contributed by atoms with van der Waals surface area (Å²) < 4.78 is 23.5. The predicted molar refractivity (Wildman–Crippen MR) is 62.5 cm³/mol. The Morgan fingerprint density at radius 2 is 2.19 bits per heavy atom. The normalized spacial score (nSPS) is 12.2. The van der Waals surface area contributed by atoms with E-state index in [0.29, 0.717) is 13.2 Å². The van der Waals surface area contributed by atoms with E-state index in [2.05, 4.69) is 5.32 Å². The van der Waals surface area contributed by atoms with Crippen LogP contribution in [0.15, 0.2) is 18.2 Å². The number of hydrogen-bond acceptors (Lipinski definition) is 3. The number of hydrogen-bond donors (Lipinski definition) is 1. The van der Waals surface area contributed by atoms with Crippen LogP contribution in [-0.4, -0.2) is 26.4 Å². The highest BCUT2D eigenvalue weighted by Crippen LogP contribution is 2.20. The van der Waals surface area contributed by atoms with Crippen molar-refractivity contribution in [1.82, 2.24) is 0 Å². The molecule has 0 aromatic heterocycles. The molecule has 1 atom stereocenters. The standard InChI is InChI=1S/C12H18FNO2/c1-4-16-8-9(2)14-10-5-6-12(15-3)11(13)7-10/h5-7,9,14H,4,8H2,1-3H3. The molecule has 1 N–H and O–H groups in total. The average molecular weight is 227 g/mol. The molecular formula is C12H18FNO2. The molecule has 16 heavy (non-hydrogen) atoms. The second kappa shape index (κ2) is 6.33. The third-order valence-corrected chi connectivity index (χ3v) is 2.14. The molecule has 4 heteroatoms. The monoisotopic (exact) mass is 227 g/mol. The molecule has 1 aromatic carbocycles. The first-order chi connectivity index (χ1) is 7.67. The Bertz CT molecular complexity index is 331. The zero-order chi connectivity index (χ0) is 12.0. The zero-order valence-corrected chi connectivity index (χ0v) is 9.92. The summed E-state index contributed by atoms with van der Waals surface area (Å²) in [5.74, 6) is -0.112. The molecule has 0 heterocycles. The van der Waals surface area contributed by atoms with Gasteiger partial charge in [-0.2, -0.15) is 0 Å². The van der Waals surface area contributed by atoms with Gasteiger partial charge < -0.3 is 14.8 Å². The minimum Gasteiger partial charge on any atom is -0.494 e. The third kappa shape index (κ3) is 3.70. The van der Waals surface area contributed by atoms with Gasteiger partial charge in [0.05, 0.1) is 13.7 Å². The van der Waals surface area contributed by atoms with Crippen molar-refractivity contribution in [2.45, 2.75) is 19.9 Å². The molecule has 3 nitrogen and oxygen atoms in total. The molecule has 0 saturated carbocycles. The van der Waals surface area contributed by atoms with Crippen molar-refractivity contribution in [3.63, 3.8) is 0 Å². The SMILES string of the molecule is CCOCC(C)Nc1ccc(OC)c(F)c1. The van der Waals surface area contributed by atoms with Crippen molar-refractivity contribution >= 4 is 5.69 Å². The van der Waals surface area contributed by atoms with Gasteiger partial charge in [-0.25, -0.2) is 4.39 Å². The number of nitrogens with one attached hydrogen (secondary N) is 1. The maximum atomic E-state index is 13.4. The Balaban J connectivity index is 2.57. The van der Waals surface area contributed by atoms with Gasteiger partial charge in [0.2, 0.25) is 0 Å². The van der Waals surface area contributed by atoms with Gasteiger partial charge in [0.25, 0.3) is 0 Å². The number of methoxy groups -OCH3 is 1. The number of anilines is 1. The highest BCUT2D eigenvalue weighted by atomic mass is 19.1. The van der Waals surface area contributed by atoms with Crippen LogP contribution in [-0.2, 0) is 4.74 Å². The van der Waals surface area contributed by atoms with Crippen LogP contribution in [0, 0.1) is 5.82 Å². The topological polar surface area (TPSA) is 30.5 Å². The summed E-state index contributed by atoms with van der Waals surface area (Å²) in [5, 5.41) is 3.15. The van der Waals surface area contributed by atoms with E-state index in [1.54, 1.807) is 12.1 Å². The highest BCUT2D eigenvalue weighted by molar-refractivity contribution is 5.47. The van der Waals surface area contributed by atoms with Crippen molar-refractivity contribution in [3.8, 4) is 5.75 Å².